The fourth-order valence-electron chi connectivity index (χ4n) is 2.31. The van der Waals surface area contributed by atoms with Gasteiger partial charge in [0.15, 0.2) is 0 Å². The van der Waals surface area contributed by atoms with E-state index < -0.39 is 0 Å². The molecule has 0 bridgehead atoms. The van der Waals surface area contributed by atoms with Crippen LogP contribution in [0.2, 0.25) is 0 Å². The Kier molecular flexibility index (Phi) is 3.70. The largest absolute Gasteiger partial charge is 0.481 e. The van der Waals surface area contributed by atoms with Gasteiger partial charge in [-0.25, -0.2) is 4.98 Å². The maximum atomic E-state index is 5.45. The summed E-state index contributed by atoms with van der Waals surface area (Å²) in [5, 5.41) is 1.12. The van der Waals surface area contributed by atoms with Crippen molar-refractivity contribution in [1.82, 2.24) is 4.98 Å². The minimum atomic E-state index is 0.688. The van der Waals surface area contributed by atoms with E-state index in [0.29, 0.717) is 5.88 Å². The van der Waals surface area contributed by atoms with Crippen molar-refractivity contribution in [2.45, 2.75) is 6.42 Å². The van der Waals surface area contributed by atoms with Crippen LogP contribution in [-0.2, 0) is 6.42 Å². The highest BCUT2D eigenvalue weighted by Gasteiger charge is 2.09. The first kappa shape index (κ1) is 13.1. The quantitative estimate of drug-likeness (QED) is 0.701. The summed E-state index contributed by atoms with van der Waals surface area (Å²) in [5.74, 6) is 0.688. The second kappa shape index (κ2) is 5.63. The van der Waals surface area contributed by atoms with E-state index in [1.807, 2.05) is 30.3 Å². The van der Waals surface area contributed by atoms with Gasteiger partial charge < -0.3 is 4.74 Å². The van der Waals surface area contributed by atoms with Crippen LogP contribution in [0.25, 0.3) is 10.9 Å². The summed E-state index contributed by atoms with van der Waals surface area (Å²) < 4.78 is 6.43. The zero-order valence-electron chi connectivity index (χ0n) is 11.1. The third kappa shape index (κ3) is 2.54. The number of benzene rings is 2. The molecular weight excluding hydrogens is 314 g/mol. The maximum absolute atomic E-state index is 5.45. The average molecular weight is 328 g/mol. The van der Waals surface area contributed by atoms with E-state index in [1.54, 1.807) is 7.11 Å². The molecule has 1 heterocycles. The molecule has 0 atom stereocenters. The van der Waals surface area contributed by atoms with Crippen molar-refractivity contribution in [3.63, 3.8) is 0 Å². The Hall–Kier alpha value is -1.87. The molecule has 0 amide bonds. The van der Waals surface area contributed by atoms with Gasteiger partial charge in [-0.05, 0) is 33.6 Å². The van der Waals surface area contributed by atoms with Gasteiger partial charge in [0.1, 0.15) is 0 Å². The Labute approximate surface area is 126 Å². The summed E-state index contributed by atoms with van der Waals surface area (Å²) >= 11 is 3.53. The maximum Gasteiger partial charge on any atom is 0.217 e. The van der Waals surface area contributed by atoms with Gasteiger partial charge in [0.25, 0.3) is 0 Å². The summed E-state index contributed by atoms with van der Waals surface area (Å²) in [5.41, 5.74) is 3.28. The lowest BCUT2D eigenvalue weighted by Gasteiger charge is -2.10. The van der Waals surface area contributed by atoms with Gasteiger partial charge in [0.2, 0.25) is 5.88 Å². The van der Waals surface area contributed by atoms with E-state index in [2.05, 4.69) is 45.2 Å². The van der Waals surface area contributed by atoms with E-state index in [4.69, 9.17) is 4.74 Å². The third-order valence-corrected chi connectivity index (χ3v) is 3.91. The lowest BCUT2D eigenvalue weighted by atomic mass is 10.0. The molecule has 0 spiro atoms. The third-order valence-electron chi connectivity index (χ3n) is 3.27. The molecule has 0 aliphatic heterocycles. The van der Waals surface area contributed by atoms with Gasteiger partial charge in [-0.1, -0.05) is 42.5 Å². The lowest BCUT2D eigenvalue weighted by Crippen LogP contribution is -1.97. The summed E-state index contributed by atoms with van der Waals surface area (Å²) in [7, 11) is 1.67. The zero-order valence-corrected chi connectivity index (χ0v) is 12.7. The van der Waals surface area contributed by atoms with Crippen LogP contribution >= 0.6 is 15.9 Å². The van der Waals surface area contributed by atoms with Gasteiger partial charge in [0, 0.05) is 21.8 Å². The van der Waals surface area contributed by atoms with Crippen LogP contribution in [0.5, 0.6) is 5.88 Å². The van der Waals surface area contributed by atoms with E-state index >= 15 is 0 Å². The normalized spacial score (nSPS) is 10.7. The highest BCUT2D eigenvalue weighted by atomic mass is 79.9. The van der Waals surface area contributed by atoms with Crippen LogP contribution in [0, 0.1) is 0 Å². The first-order valence-electron chi connectivity index (χ1n) is 6.44. The average Bonchev–Trinajstić information content (AvgIpc) is 2.48. The Morgan fingerprint density at radius 3 is 2.60 bits per heavy atom. The van der Waals surface area contributed by atoms with Crippen LogP contribution in [0.15, 0.2) is 59.1 Å². The number of hydrogen-bond acceptors (Lipinski definition) is 2. The van der Waals surface area contributed by atoms with Crippen LogP contribution < -0.4 is 4.74 Å². The minimum Gasteiger partial charge on any atom is -0.481 e. The number of fused-ring (bicyclic) bond motifs is 1. The number of para-hydroxylation sites is 1. The second-order valence-corrected chi connectivity index (χ2v) is 5.49. The van der Waals surface area contributed by atoms with E-state index in [-0.39, 0.29) is 0 Å². The Morgan fingerprint density at radius 2 is 1.85 bits per heavy atom. The first-order valence-corrected chi connectivity index (χ1v) is 7.23. The zero-order chi connectivity index (χ0) is 13.9. The van der Waals surface area contributed by atoms with Gasteiger partial charge in [-0.15, -0.1) is 0 Å². The van der Waals surface area contributed by atoms with Crippen LogP contribution in [-0.4, -0.2) is 12.1 Å². The van der Waals surface area contributed by atoms with Crippen molar-refractivity contribution >= 4 is 26.8 Å². The number of ether oxygens (including phenoxy) is 1. The standard InChI is InChI=1S/C17H14BrNO/c1-20-17-14(10-12-6-3-2-4-7-12)11-13-8-5-9-15(18)16(13)19-17/h2-9,11H,10H2,1H3. The molecule has 100 valence electrons. The number of aromatic nitrogens is 1. The van der Waals surface area contributed by atoms with E-state index in [0.717, 1.165) is 27.4 Å². The molecule has 1 aromatic heterocycles. The Balaban J connectivity index is 2.10. The molecule has 3 rings (SSSR count). The van der Waals surface area contributed by atoms with Crippen molar-refractivity contribution in [1.29, 1.82) is 0 Å². The number of nitrogens with zero attached hydrogens (tertiary/aromatic N) is 1. The van der Waals surface area contributed by atoms with Gasteiger partial charge in [-0.3, -0.25) is 0 Å². The molecule has 0 fully saturated rings. The minimum absolute atomic E-state index is 0.688. The fourth-order valence-corrected chi connectivity index (χ4v) is 2.78. The highest BCUT2D eigenvalue weighted by Crippen LogP contribution is 2.28. The molecule has 20 heavy (non-hydrogen) atoms. The SMILES string of the molecule is COc1nc2c(Br)cccc2cc1Cc1ccccc1. The van der Waals surface area contributed by atoms with Gasteiger partial charge in [0.05, 0.1) is 12.6 Å². The van der Waals surface area contributed by atoms with Crippen molar-refractivity contribution in [3.8, 4) is 5.88 Å². The number of rotatable bonds is 3. The van der Waals surface area contributed by atoms with Crippen LogP contribution in [0.1, 0.15) is 11.1 Å². The molecule has 0 saturated carbocycles. The van der Waals surface area contributed by atoms with E-state index in [1.165, 1.54) is 5.56 Å². The summed E-state index contributed by atoms with van der Waals surface area (Å²) in [6.45, 7) is 0. The summed E-state index contributed by atoms with van der Waals surface area (Å²) in [6.07, 6.45) is 0.819. The number of methoxy groups -OCH3 is 1. The molecule has 0 N–H and O–H groups in total. The highest BCUT2D eigenvalue weighted by molar-refractivity contribution is 9.10. The van der Waals surface area contributed by atoms with Crippen molar-refractivity contribution in [2.24, 2.45) is 0 Å². The molecule has 0 saturated heterocycles. The summed E-state index contributed by atoms with van der Waals surface area (Å²) in [4.78, 5) is 4.62. The molecule has 2 aromatic carbocycles. The Morgan fingerprint density at radius 1 is 1.05 bits per heavy atom. The Bertz CT molecular complexity index is 741. The van der Waals surface area contributed by atoms with E-state index in [9.17, 15) is 0 Å². The topological polar surface area (TPSA) is 22.1 Å². The van der Waals surface area contributed by atoms with Crippen molar-refractivity contribution < 1.29 is 4.74 Å². The molecule has 3 heteroatoms. The number of hydrogen-bond donors (Lipinski definition) is 0. The van der Waals surface area contributed by atoms with Gasteiger partial charge >= 0.3 is 0 Å². The van der Waals surface area contributed by atoms with Crippen molar-refractivity contribution in [2.75, 3.05) is 7.11 Å². The molecule has 2 nitrogen and oxygen atoms in total. The summed E-state index contributed by atoms with van der Waals surface area (Å²) in [6, 6.07) is 18.6. The number of halogens is 1. The van der Waals surface area contributed by atoms with Gasteiger partial charge in [-0.2, -0.15) is 0 Å². The fraction of sp³-hybridized carbons (Fsp3) is 0.118. The number of pyridine rings is 1. The lowest BCUT2D eigenvalue weighted by molar-refractivity contribution is 0.395. The molecule has 3 aromatic rings. The van der Waals surface area contributed by atoms with Crippen molar-refractivity contribution in [3.05, 3.63) is 70.2 Å². The smallest absolute Gasteiger partial charge is 0.217 e. The molecule has 0 unspecified atom stereocenters. The molecule has 0 aliphatic rings. The molecule has 0 aliphatic carbocycles. The van der Waals surface area contributed by atoms with Crippen LogP contribution in [0.3, 0.4) is 0 Å². The molecular formula is C17H14BrNO. The molecule has 0 radical (unpaired) electrons. The predicted octanol–water partition coefficient (Wildman–Crippen LogP) is 4.60. The monoisotopic (exact) mass is 327 g/mol. The first-order chi connectivity index (χ1) is 9.78. The predicted molar refractivity (Wildman–Crippen MR) is 85.2 cm³/mol. The van der Waals surface area contributed by atoms with Crippen LogP contribution in [0.4, 0.5) is 0 Å². The second-order valence-electron chi connectivity index (χ2n) is 4.63.